The standard InChI is InChI=1S/C30H31NO5/c1-18-12-22(16-27(35-3)28(18)19(2)32)26-9-8-24(31-30(10-11-30)29(33)34)13-23(26)17-36-25-14-20-6-4-5-7-21(20)15-25/h4-9,12-13,16,25,31H,10-11,14-15,17H2,1-3H3,(H,33,34). The number of aryl methyl sites for hydroxylation is 1. The number of hydrogen-bond acceptors (Lipinski definition) is 5. The van der Waals surface area contributed by atoms with E-state index in [1.807, 2.05) is 37.3 Å². The number of aliphatic carboxylic acids is 1. The first kappa shape index (κ1) is 24.1. The van der Waals surface area contributed by atoms with Crippen LogP contribution >= 0.6 is 0 Å². The van der Waals surface area contributed by atoms with Gasteiger partial charge in [-0.2, -0.15) is 0 Å². The second-order valence-corrected chi connectivity index (χ2v) is 9.92. The van der Waals surface area contributed by atoms with Crippen LogP contribution in [-0.4, -0.2) is 35.6 Å². The van der Waals surface area contributed by atoms with Gasteiger partial charge in [0, 0.05) is 5.69 Å². The van der Waals surface area contributed by atoms with Crippen LogP contribution in [0, 0.1) is 6.92 Å². The lowest BCUT2D eigenvalue weighted by molar-refractivity contribution is -0.138. The van der Waals surface area contributed by atoms with Gasteiger partial charge in [0.2, 0.25) is 0 Å². The number of hydrogen-bond donors (Lipinski definition) is 2. The molecule has 1 fully saturated rings. The van der Waals surface area contributed by atoms with Crippen LogP contribution in [0.1, 0.15) is 52.4 Å². The minimum Gasteiger partial charge on any atom is -0.496 e. The van der Waals surface area contributed by atoms with Crippen molar-refractivity contribution in [3.8, 4) is 16.9 Å². The normalized spacial score (nSPS) is 15.9. The Hall–Kier alpha value is -3.64. The summed E-state index contributed by atoms with van der Waals surface area (Å²) in [5.74, 6) is -0.322. The minimum atomic E-state index is -0.879. The number of anilines is 1. The quantitative estimate of drug-likeness (QED) is 0.385. The van der Waals surface area contributed by atoms with Crippen LogP contribution in [0.3, 0.4) is 0 Å². The smallest absolute Gasteiger partial charge is 0.329 e. The number of ketones is 1. The van der Waals surface area contributed by atoms with Crippen molar-refractivity contribution >= 4 is 17.4 Å². The number of benzene rings is 3. The van der Waals surface area contributed by atoms with Crippen LogP contribution in [0.4, 0.5) is 5.69 Å². The summed E-state index contributed by atoms with van der Waals surface area (Å²) < 4.78 is 12.0. The summed E-state index contributed by atoms with van der Waals surface area (Å²) in [6, 6.07) is 18.2. The maximum atomic E-state index is 12.2. The largest absolute Gasteiger partial charge is 0.496 e. The van der Waals surface area contributed by atoms with E-state index >= 15 is 0 Å². The molecule has 0 unspecified atom stereocenters. The molecule has 2 aliphatic carbocycles. The zero-order chi connectivity index (χ0) is 25.4. The lowest BCUT2D eigenvalue weighted by Gasteiger charge is -2.20. The van der Waals surface area contributed by atoms with Crippen molar-refractivity contribution in [2.75, 3.05) is 12.4 Å². The van der Waals surface area contributed by atoms with Crippen molar-refractivity contribution in [2.45, 2.75) is 57.8 Å². The van der Waals surface area contributed by atoms with E-state index in [1.54, 1.807) is 14.0 Å². The molecule has 1 saturated carbocycles. The Bertz CT molecular complexity index is 1320. The molecule has 0 amide bonds. The molecule has 36 heavy (non-hydrogen) atoms. The fraction of sp³-hybridized carbons (Fsp3) is 0.333. The number of carboxylic acids is 1. The second-order valence-electron chi connectivity index (χ2n) is 9.92. The van der Waals surface area contributed by atoms with E-state index < -0.39 is 11.5 Å². The first-order valence-corrected chi connectivity index (χ1v) is 12.3. The summed E-state index contributed by atoms with van der Waals surface area (Å²) in [5, 5.41) is 12.9. The molecule has 0 spiro atoms. The first-order valence-electron chi connectivity index (χ1n) is 12.3. The summed E-state index contributed by atoms with van der Waals surface area (Å²) in [7, 11) is 1.57. The van der Waals surface area contributed by atoms with E-state index in [0.29, 0.717) is 30.8 Å². The summed E-state index contributed by atoms with van der Waals surface area (Å²) in [4.78, 5) is 23.9. The van der Waals surface area contributed by atoms with Gasteiger partial charge in [-0.25, -0.2) is 4.79 Å². The Morgan fingerprint density at radius 3 is 2.33 bits per heavy atom. The average Bonchev–Trinajstić information content (AvgIpc) is 3.52. The zero-order valence-electron chi connectivity index (χ0n) is 20.9. The molecule has 0 heterocycles. The average molecular weight is 486 g/mol. The molecule has 3 aromatic rings. The number of ether oxygens (including phenoxy) is 2. The molecule has 3 aromatic carbocycles. The van der Waals surface area contributed by atoms with E-state index in [-0.39, 0.29) is 11.9 Å². The van der Waals surface area contributed by atoms with Gasteiger partial charge in [-0.05, 0) is 91.1 Å². The van der Waals surface area contributed by atoms with E-state index in [1.165, 1.54) is 11.1 Å². The van der Waals surface area contributed by atoms with E-state index in [4.69, 9.17) is 9.47 Å². The van der Waals surface area contributed by atoms with Crippen molar-refractivity contribution in [2.24, 2.45) is 0 Å². The SMILES string of the molecule is COc1cc(-c2ccc(NC3(C(=O)O)CC3)cc2COC2Cc3ccccc3C2)cc(C)c1C(C)=O. The van der Waals surface area contributed by atoms with Gasteiger partial charge >= 0.3 is 5.97 Å². The molecule has 0 atom stereocenters. The lowest BCUT2D eigenvalue weighted by atomic mass is 9.94. The molecule has 0 saturated heterocycles. The van der Waals surface area contributed by atoms with Crippen molar-refractivity contribution in [3.63, 3.8) is 0 Å². The maximum Gasteiger partial charge on any atom is 0.329 e. The molecule has 2 aliphatic rings. The topological polar surface area (TPSA) is 84.9 Å². The third kappa shape index (κ3) is 4.61. The third-order valence-corrected chi connectivity index (χ3v) is 7.32. The number of carboxylic acid groups (broad SMARTS) is 1. The van der Waals surface area contributed by atoms with Crippen molar-refractivity contribution in [1.82, 2.24) is 0 Å². The van der Waals surface area contributed by atoms with Crippen LogP contribution < -0.4 is 10.1 Å². The first-order chi connectivity index (χ1) is 17.3. The molecule has 0 bridgehead atoms. The van der Waals surface area contributed by atoms with Gasteiger partial charge in [-0.1, -0.05) is 36.4 Å². The Balaban J connectivity index is 1.47. The molecular weight excluding hydrogens is 454 g/mol. The Labute approximate surface area is 211 Å². The summed E-state index contributed by atoms with van der Waals surface area (Å²) in [6.45, 7) is 3.84. The van der Waals surface area contributed by atoms with Crippen LogP contribution in [0.5, 0.6) is 5.75 Å². The van der Waals surface area contributed by atoms with Gasteiger partial charge in [0.25, 0.3) is 0 Å². The van der Waals surface area contributed by atoms with Gasteiger partial charge in [0.05, 0.1) is 25.4 Å². The number of nitrogens with one attached hydrogen (secondary N) is 1. The number of fused-ring (bicyclic) bond motifs is 1. The fourth-order valence-corrected chi connectivity index (χ4v) is 5.23. The highest BCUT2D eigenvalue weighted by Crippen LogP contribution is 2.41. The van der Waals surface area contributed by atoms with E-state index in [9.17, 15) is 14.7 Å². The molecule has 0 radical (unpaired) electrons. The van der Waals surface area contributed by atoms with Gasteiger partial charge in [0.15, 0.2) is 5.78 Å². The number of Topliss-reactive ketones (excluding diaryl/α,β-unsaturated/α-hetero) is 1. The van der Waals surface area contributed by atoms with Crippen molar-refractivity contribution < 1.29 is 24.2 Å². The van der Waals surface area contributed by atoms with Gasteiger partial charge < -0.3 is 19.9 Å². The predicted octanol–water partition coefficient (Wildman–Crippen LogP) is 5.59. The summed E-state index contributed by atoms with van der Waals surface area (Å²) in [5.41, 5.74) is 6.81. The third-order valence-electron chi connectivity index (χ3n) is 7.32. The molecule has 6 nitrogen and oxygen atoms in total. The van der Waals surface area contributed by atoms with Crippen molar-refractivity contribution in [1.29, 1.82) is 0 Å². The van der Waals surface area contributed by atoms with Gasteiger partial charge in [-0.15, -0.1) is 0 Å². The monoisotopic (exact) mass is 485 g/mol. The number of carbonyl (C=O) groups is 2. The van der Waals surface area contributed by atoms with Crippen LogP contribution in [0.15, 0.2) is 54.6 Å². The second kappa shape index (κ2) is 9.43. The number of carbonyl (C=O) groups excluding carboxylic acids is 1. The Morgan fingerprint density at radius 1 is 1.06 bits per heavy atom. The van der Waals surface area contributed by atoms with Gasteiger partial charge in [-0.3, -0.25) is 4.79 Å². The lowest BCUT2D eigenvalue weighted by Crippen LogP contribution is -2.31. The molecule has 186 valence electrons. The van der Waals surface area contributed by atoms with Crippen LogP contribution in [0.25, 0.3) is 11.1 Å². The van der Waals surface area contributed by atoms with E-state index in [2.05, 4.69) is 29.6 Å². The molecule has 0 aliphatic heterocycles. The van der Waals surface area contributed by atoms with Crippen molar-refractivity contribution in [3.05, 3.63) is 82.4 Å². The minimum absolute atomic E-state index is 0.0387. The fourth-order valence-electron chi connectivity index (χ4n) is 5.23. The highest BCUT2D eigenvalue weighted by molar-refractivity contribution is 5.99. The molecule has 0 aromatic heterocycles. The summed E-state index contributed by atoms with van der Waals surface area (Å²) in [6.07, 6.45) is 3.08. The van der Waals surface area contributed by atoms with Crippen LogP contribution in [-0.2, 0) is 29.0 Å². The predicted molar refractivity (Wildman–Crippen MR) is 139 cm³/mol. The molecule has 2 N–H and O–H groups in total. The molecule has 6 heteroatoms. The summed E-state index contributed by atoms with van der Waals surface area (Å²) >= 11 is 0. The highest BCUT2D eigenvalue weighted by atomic mass is 16.5. The molecular formula is C30H31NO5. The highest BCUT2D eigenvalue weighted by Gasteiger charge is 2.50. The number of methoxy groups -OCH3 is 1. The maximum absolute atomic E-state index is 12.2. The molecule has 5 rings (SSSR count). The Morgan fingerprint density at radius 2 is 1.75 bits per heavy atom. The van der Waals surface area contributed by atoms with E-state index in [0.717, 1.165) is 40.8 Å². The van der Waals surface area contributed by atoms with Crippen LogP contribution in [0.2, 0.25) is 0 Å². The number of rotatable bonds is 9. The Kier molecular flexibility index (Phi) is 6.31. The zero-order valence-corrected chi connectivity index (χ0v) is 20.9. The van der Waals surface area contributed by atoms with Gasteiger partial charge in [0.1, 0.15) is 11.3 Å².